The molecule has 0 heterocycles. The molecule has 1 atom stereocenters. The van der Waals surface area contributed by atoms with E-state index < -0.39 is 23.4 Å². The molecule has 0 fully saturated rings. The van der Waals surface area contributed by atoms with Crippen LogP contribution in [0.4, 0.5) is 11.4 Å². The fraction of sp³-hybridized carbons (Fsp3) is 0.214. The first-order valence-corrected chi connectivity index (χ1v) is 12.6. The van der Waals surface area contributed by atoms with Crippen LogP contribution in [-0.4, -0.2) is 39.2 Å². The summed E-state index contributed by atoms with van der Waals surface area (Å²) < 4.78 is 0. The van der Waals surface area contributed by atoms with Gasteiger partial charge in [-0.15, -0.1) is 11.8 Å². The quantitative estimate of drug-likeness (QED) is 0.251. The van der Waals surface area contributed by atoms with E-state index in [4.69, 9.17) is 5.11 Å². The minimum Gasteiger partial charge on any atom is -0.478 e. The number of rotatable bonds is 10. The van der Waals surface area contributed by atoms with Crippen LogP contribution in [0, 0.1) is 6.92 Å². The molecule has 3 aromatic carbocycles. The summed E-state index contributed by atoms with van der Waals surface area (Å²) >= 11 is 1.36. The zero-order valence-electron chi connectivity index (χ0n) is 20.7. The predicted octanol–water partition coefficient (Wildman–Crippen LogP) is 5.72. The predicted molar refractivity (Wildman–Crippen MR) is 144 cm³/mol. The molecule has 0 aromatic heterocycles. The fourth-order valence-electron chi connectivity index (χ4n) is 3.79. The number of thioether (sulfide) groups is 1. The maximum atomic E-state index is 13.1. The van der Waals surface area contributed by atoms with Crippen molar-refractivity contribution >= 4 is 46.9 Å². The number of benzene rings is 3. The topological polar surface area (TPSA) is 133 Å². The highest BCUT2D eigenvalue weighted by Gasteiger charge is 2.21. The Morgan fingerprint density at radius 3 is 2.24 bits per heavy atom. The number of para-hydroxylation sites is 1. The molecule has 8 nitrogen and oxygen atoms in total. The van der Waals surface area contributed by atoms with Gasteiger partial charge in [-0.25, -0.2) is 9.59 Å². The van der Waals surface area contributed by atoms with Gasteiger partial charge < -0.3 is 20.8 Å². The van der Waals surface area contributed by atoms with Crippen molar-refractivity contribution in [2.45, 2.75) is 43.8 Å². The van der Waals surface area contributed by atoms with Crippen LogP contribution >= 0.6 is 11.8 Å². The fourth-order valence-corrected chi connectivity index (χ4v) is 4.80. The second-order valence-corrected chi connectivity index (χ2v) is 9.60. The van der Waals surface area contributed by atoms with Crippen LogP contribution in [-0.2, 0) is 11.2 Å². The van der Waals surface area contributed by atoms with Gasteiger partial charge in [0, 0.05) is 16.3 Å². The zero-order valence-corrected chi connectivity index (χ0v) is 21.5. The van der Waals surface area contributed by atoms with Crippen LogP contribution in [0.3, 0.4) is 0 Å². The third-order valence-electron chi connectivity index (χ3n) is 5.76. The molecule has 192 valence electrons. The number of aromatic carboxylic acids is 2. The largest absolute Gasteiger partial charge is 0.478 e. The Balaban J connectivity index is 1.76. The van der Waals surface area contributed by atoms with Crippen molar-refractivity contribution in [1.29, 1.82) is 0 Å². The third kappa shape index (κ3) is 6.77. The lowest BCUT2D eigenvalue weighted by Gasteiger charge is -2.18. The van der Waals surface area contributed by atoms with Crippen molar-refractivity contribution in [2.24, 2.45) is 0 Å². The van der Waals surface area contributed by atoms with E-state index in [-0.39, 0.29) is 22.3 Å². The Bertz CT molecular complexity index is 1350. The number of carboxylic acids is 2. The van der Waals surface area contributed by atoms with Gasteiger partial charge in [0.2, 0.25) is 5.91 Å². The summed E-state index contributed by atoms with van der Waals surface area (Å²) in [4.78, 5) is 49.4. The molecular weight excluding hydrogens is 492 g/mol. The summed E-state index contributed by atoms with van der Waals surface area (Å²) in [6.07, 6.45) is 1.38. The smallest absolute Gasteiger partial charge is 0.336 e. The monoisotopic (exact) mass is 520 g/mol. The summed E-state index contributed by atoms with van der Waals surface area (Å²) in [7, 11) is 0. The van der Waals surface area contributed by atoms with Crippen molar-refractivity contribution in [3.63, 3.8) is 0 Å². The molecule has 3 rings (SSSR count). The maximum Gasteiger partial charge on any atom is 0.336 e. The highest BCUT2D eigenvalue weighted by molar-refractivity contribution is 8.00. The molecule has 1 unspecified atom stereocenters. The molecule has 0 saturated heterocycles. The van der Waals surface area contributed by atoms with E-state index in [0.717, 1.165) is 34.2 Å². The Morgan fingerprint density at radius 2 is 1.59 bits per heavy atom. The SMILES string of the molecule is CCc1cccc(C)c1NC(=O)C(CC)Sc1cccc(NC(=O)c2ccc(C(=O)O)cc2C(=O)O)c1. The number of carbonyl (C=O) groups excluding carboxylic acids is 2. The molecule has 0 aliphatic carbocycles. The standard InChI is InChI=1S/C28H28N2O6S/c1-4-17-9-6-8-16(3)24(17)30-26(32)23(5-2)37-20-11-7-10-19(15-20)29-25(31)21-13-12-18(27(33)34)14-22(21)28(35)36/h6-15,23H,4-5H2,1-3H3,(H,29,31)(H,30,32)(H,33,34)(H,35,36). The lowest BCUT2D eigenvalue weighted by atomic mass is 10.0. The van der Waals surface area contributed by atoms with E-state index in [1.165, 1.54) is 23.9 Å². The van der Waals surface area contributed by atoms with Crippen LogP contribution in [0.1, 0.15) is 62.5 Å². The van der Waals surface area contributed by atoms with E-state index >= 15 is 0 Å². The molecule has 0 saturated carbocycles. The van der Waals surface area contributed by atoms with E-state index in [9.17, 15) is 24.3 Å². The van der Waals surface area contributed by atoms with Gasteiger partial charge in [0.15, 0.2) is 0 Å². The van der Waals surface area contributed by atoms with Crippen molar-refractivity contribution in [3.05, 3.63) is 88.5 Å². The minimum atomic E-state index is -1.41. The second kappa shape index (κ2) is 12.2. The first-order valence-electron chi connectivity index (χ1n) is 11.7. The van der Waals surface area contributed by atoms with Gasteiger partial charge >= 0.3 is 11.9 Å². The first kappa shape index (κ1) is 27.5. The third-order valence-corrected chi connectivity index (χ3v) is 7.12. The van der Waals surface area contributed by atoms with Crippen molar-refractivity contribution in [3.8, 4) is 0 Å². The number of nitrogens with one attached hydrogen (secondary N) is 2. The van der Waals surface area contributed by atoms with Gasteiger partial charge in [-0.2, -0.15) is 0 Å². The van der Waals surface area contributed by atoms with Crippen molar-refractivity contribution in [2.75, 3.05) is 10.6 Å². The molecule has 0 aliphatic heterocycles. The Labute approximate surface area is 219 Å². The van der Waals surface area contributed by atoms with Gasteiger partial charge in [-0.3, -0.25) is 9.59 Å². The average Bonchev–Trinajstić information content (AvgIpc) is 2.88. The molecule has 9 heteroatoms. The van der Waals surface area contributed by atoms with Gasteiger partial charge in [0.1, 0.15) is 0 Å². The lowest BCUT2D eigenvalue weighted by molar-refractivity contribution is -0.115. The average molecular weight is 521 g/mol. The van der Waals surface area contributed by atoms with Crippen LogP contribution < -0.4 is 10.6 Å². The zero-order chi connectivity index (χ0) is 27.1. The Hall–Kier alpha value is -4.11. The van der Waals surface area contributed by atoms with Crippen LogP contribution in [0.25, 0.3) is 0 Å². The molecule has 3 aromatic rings. The first-order chi connectivity index (χ1) is 17.6. The van der Waals surface area contributed by atoms with Gasteiger partial charge in [-0.05, 0) is 67.3 Å². The van der Waals surface area contributed by atoms with E-state index in [2.05, 4.69) is 10.6 Å². The molecule has 0 spiro atoms. The summed E-state index contributed by atoms with van der Waals surface area (Å²) in [6, 6.07) is 16.1. The summed E-state index contributed by atoms with van der Waals surface area (Å²) in [6.45, 7) is 5.92. The summed E-state index contributed by atoms with van der Waals surface area (Å²) in [5.74, 6) is -3.50. The van der Waals surface area contributed by atoms with Gasteiger partial charge in [-0.1, -0.05) is 38.1 Å². The van der Waals surface area contributed by atoms with Crippen LogP contribution in [0.15, 0.2) is 65.6 Å². The highest BCUT2D eigenvalue weighted by Crippen LogP contribution is 2.30. The molecule has 0 bridgehead atoms. The molecule has 2 amide bonds. The Morgan fingerprint density at radius 1 is 0.865 bits per heavy atom. The van der Waals surface area contributed by atoms with E-state index in [0.29, 0.717) is 12.1 Å². The van der Waals surface area contributed by atoms with Crippen LogP contribution in [0.5, 0.6) is 0 Å². The second-order valence-electron chi connectivity index (χ2n) is 8.32. The molecule has 0 aliphatic rings. The van der Waals surface area contributed by atoms with Gasteiger partial charge in [0.05, 0.1) is 21.9 Å². The maximum absolute atomic E-state index is 13.1. The summed E-state index contributed by atoms with van der Waals surface area (Å²) in [5.41, 5.74) is 2.51. The number of amides is 2. The van der Waals surface area contributed by atoms with Crippen LogP contribution in [0.2, 0.25) is 0 Å². The highest BCUT2D eigenvalue weighted by atomic mass is 32.2. The number of anilines is 2. The number of carbonyl (C=O) groups is 4. The minimum absolute atomic E-state index is 0.115. The van der Waals surface area contributed by atoms with Crippen molar-refractivity contribution in [1.82, 2.24) is 0 Å². The number of hydrogen-bond donors (Lipinski definition) is 4. The number of aryl methyl sites for hydroxylation is 2. The molecular formula is C28H28N2O6S. The number of carboxylic acid groups (broad SMARTS) is 2. The van der Waals surface area contributed by atoms with E-state index in [1.807, 2.05) is 45.0 Å². The Kier molecular flexibility index (Phi) is 9.08. The normalized spacial score (nSPS) is 11.4. The lowest BCUT2D eigenvalue weighted by Crippen LogP contribution is -2.25. The molecule has 0 radical (unpaired) electrons. The van der Waals surface area contributed by atoms with Crippen molar-refractivity contribution < 1.29 is 29.4 Å². The molecule has 4 N–H and O–H groups in total. The summed E-state index contributed by atoms with van der Waals surface area (Å²) in [5, 5.41) is 23.9. The van der Waals surface area contributed by atoms with E-state index in [1.54, 1.807) is 18.2 Å². The number of hydrogen-bond acceptors (Lipinski definition) is 5. The molecule has 37 heavy (non-hydrogen) atoms. The van der Waals surface area contributed by atoms with Gasteiger partial charge in [0.25, 0.3) is 5.91 Å².